The Morgan fingerprint density at radius 3 is 2.87 bits per heavy atom. The van der Waals surface area contributed by atoms with E-state index in [9.17, 15) is 0 Å². The van der Waals surface area contributed by atoms with Gasteiger partial charge in [-0.25, -0.2) is 0 Å². The smallest absolute Gasteiger partial charge is 0.139 e. The van der Waals surface area contributed by atoms with Crippen LogP contribution in [-0.4, -0.2) is 19.7 Å². The van der Waals surface area contributed by atoms with E-state index in [-0.39, 0.29) is 0 Å². The van der Waals surface area contributed by atoms with E-state index in [1.54, 1.807) is 6.07 Å². The summed E-state index contributed by atoms with van der Waals surface area (Å²) in [7, 11) is 0. The molecular weight excluding hydrogens is 233 g/mol. The van der Waals surface area contributed by atoms with E-state index >= 15 is 0 Å². The summed E-state index contributed by atoms with van der Waals surface area (Å²) in [6.07, 6.45) is 0.955. The van der Waals surface area contributed by atoms with E-state index in [0.29, 0.717) is 22.4 Å². The molecule has 0 heterocycles. The van der Waals surface area contributed by atoms with Crippen molar-refractivity contribution in [2.24, 2.45) is 0 Å². The fraction of sp³-hybridized carbons (Fsp3) is 0.455. The molecule has 0 radical (unpaired) electrons. The lowest BCUT2D eigenvalue weighted by Gasteiger charge is -2.08. The van der Waals surface area contributed by atoms with Crippen molar-refractivity contribution in [3.8, 4) is 5.75 Å². The van der Waals surface area contributed by atoms with Crippen LogP contribution >= 0.6 is 23.2 Å². The van der Waals surface area contributed by atoms with Gasteiger partial charge in [-0.3, -0.25) is 0 Å². The molecule has 0 atom stereocenters. The van der Waals surface area contributed by atoms with Crippen molar-refractivity contribution in [2.45, 2.75) is 13.3 Å². The Balaban J connectivity index is 2.34. The Morgan fingerprint density at radius 1 is 1.33 bits per heavy atom. The third-order valence-corrected chi connectivity index (χ3v) is 2.72. The normalized spacial score (nSPS) is 10.3. The Bertz CT molecular complexity index is 305. The van der Waals surface area contributed by atoms with Gasteiger partial charge >= 0.3 is 0 Å². The monoisotopic (exact) mass is 247 g/mol. The predicted octanol–water partition coefficient (Wildman–Crippen LogP) is 3.37. The SMILES string of the molecule is CCNCCCOc1cccc(Cl)c1Cl. The minimum atomic E-state index is 0.489. The second-order valence-electron chi connectivity index (χ2n) is 3.11. The molecule has 2 nitrogen and oxygen atoms in total. The van der Waals surface area contributed by atoms with Crippen LogP contribution in [0.4, 0.5) is 0 Å². The van der Waals surface area contributed by atoms with Gasteiger partial charge in [-0.2, -0.15) is 0 Å². The molecule has 0 aromatic heterocycles. The minimum absolute atomic E-state index is 0.489. The maximum atomic E-state index is 5.96. The molecule has 84 valence electrons. The zero-order chi connectivity index (χ0) is 11.1. The van der Waals surface area contributed by atoms with Crippen molar-refractivity contribution in [1.29, 1.82) is 0 Å². The first-order valence-electron chi connectivity index (χ1n) is 5.03. The first kappa shape index (κ1) is 12.6. The third kappa shape index (κ3) is 4.29. The highest BCUT2D eigenvalue weighted by Gasteiger charge is 2.04. The van der Waals surface area contributed by atoms with E-state index in [1.165, 1.54) is 0 Å². The molecule has 0 fully saturated rings. The molecule has 0 bridgehead atoms. The van der Waals surface area contributed by atoms with Gasteiger partial charge in [-0.1, -0.05) is 36.2 Å². The van der Waals surface area contributed by atoms with Gasteiger partial charge in [0.25, 0.3) is 0 Å². The quantitative estimate of drug-likeness (QED) is 0.779. The molecule has 0 aliphatic carbocycles. The van der Waals surface area contributed by atoms with Gasteiger partial charge in [-0.05, 0) is 31.6 Å². The predicted molar refractivity (Wildman–Crippen MR) is 65.1 cm³/mol. The Kier molecular flexibility index (Phi) is 5.84. The number of nitrogens with one attached hydrogen (secondary N) is 1. The van der Waals surface area contributed by atoms with Crippen molar-refractivity contribution in [2.75, 3.05) is 19.7 Å². The molecule has 0 saturated heterocycles. The standard InChI is InChI=1S/C11H15Cl2NO/c1-2-14-7-4-8-15-10-6-3-5-9(12)11(10)13/h3,5-6,14H,2,4,7-8H2,1H3. The molecule has 0 unspecified atom stereocenters. The average molecular weight is 248 g/mol. The van der Waals surface area contributed by atoms with E-state index in [1.807, 2.05) is 12.1 Å². The molecule has 0 spiro atoms. The van der Waals surface area contributed by atoms with Gasteiger partial charge in [0.05, 0.1) is 11.6 Å². The van der Waals surface area contributed by atoms with E-state index < -0.39 is 0 Å². The van der Waals surface area contributed by atoms with Crippen molar-refractivity contribution < 1.29 is 4.74 Å². The zero-order valence-electron chi connectivity index (χ0n) is 8.72. The van der Waals surface area contributed by atoms with Crippen LogP contribution in [0.5, 0.6) is 5.75 Å². The molecule has 0 aliphatic rings. The van der Waals surface area contributed by atoms with E-state index in [2.05, 4.69) is 12.2 Å². The van der Waals surface area contributed by atoms with Gasteiger partial charge in [0.15, 0.2) is 0 Å². The fourth-order valence-electron chi connectivity index (χ4n) is 1.15. The van der Waals surface area contributed by atoms with E-state index in [0.717, 1.165) is 19.5 Å². The molecule has 1 aromatic rings. The van der Waals surface area contributed by atoms with Gasteiger partial charge in [0, 0.05) is 0 Å². The van der Waals surface area contributed by atoms with Gasteiger partial charge in [0.1, 0.15) is 10.8 Å². The summed E-state index contributed by atoms with van der Waals surface area (Å²) in [4.78, 5) is 0. The molecule has 0 saturated carbocycles. The average Bonchev–Trinajstić information content (AvgIpc) is 2.24. The van der Waals surface area contributed by atoms with Crippen LogP contribution in [-0.2, 0) is 0 Å². The number of hydrogen-bond acceptors (Lipinski definition) is 2. The maximum absolute atomic E-state index is 5.96. The summed E-state index contributed by atoms with van der Waals surface area (Å²) in [5.41, 5.74) is 0. The number of benzene rings is 1. The Hall–Kier alpha value is -0.440. The minimum Gasteiger partial charge on any atom is -0.492 e. The van der Waals surface area contributed by atoms with Crippen LogP contribution in [0.1, 0.15) is 13.3 Å². The lowest BCUT2D eigenvalue weighted by atomic mass is 10.3. The largest absolute Gasteiger partial charge is 0.492 e. The lowest BCUT2D eigenvalue weighted by Crippen LogP contribution is -2.16. The number of rotatable bonds is 6. The first-order chi connectivity index (χ1) is 7.25. The summed E-state index contributed by atoms with van der Waals surface area (Å²) in [5, 5.41) is 4.24. The van der Waals surface area contributed by atoms with Crippen LogP contribution < -0.4 is 10.1 Å². The molecule has 1 rings (SSSR count). The first-order valence-corrected chi connectivity index (χ1v) is 5.78. The molecule has 15 heavy (non-hydrogen) atoms. The van der Waals surface area contributed by atoms with Crippen molar-refractivity contribution in [3.63, 3.8) is 0 Å². The fourth-order valence-corrected chi connectivity index (χ4v) is 1.50. The van der Waals surface area contributed by atoms with Crippen LogP contribution in [0.15, 0.2) is 18.2 Å². The van der Waals surface area contributed by atoms with E-state index in [4.69, 9.17) is 27.9 Å². The van der Waals surface area contributed by atoms with Crippen molar-refractivity contribution >= 4 is 23.2 Å². The Morgan fingerprint density at radius 2 is 2.13 bits per heavy atom. The molecule has 1 N–H and O–H groups in total. The zero-order valence-corrected chi connectivity index (χ0v) is 10.2. The van der Waals surface area contributed by atoms with Gasteiger partial charge in [0.2, 0.25) is 0 Å². The summed E-state index contributed by atoms with van der Waals surface area (Å²) >= 11 is 11.8. The highest BCUT2D eigenvalue weighted by molar-refractivity contribution is 6.42. The van der Waals surface area contributed by atoms with Crippen LogP contribution in [0, 0.1) is 0 Å². The molecule has 4 heteroatoms. The summed E-state index contributed by atoms with van der Waals surface area (Å²) in [6, 6.07) is 5.39. The molecule has 0 amide bonds. The number of hydrogen-bond donors (Lipinski definition) is 1. The second kappa shape index (κ2) is 6.94. The highest BCUT2D eigenvalue weighted by atomic mass is 35.5. The van der Waals surface area contributed by atoms with Crippen molar-refractivity contribution in [3.05, 3.63) is 28.2 Å². The summed E-state index contributed by atoms with van der Waals surface area (Å²) in [6.45, 7) is 4.66. The van der Waals surface area contributed by atoms with Crippen LogP contribution in [0.2, 0.25) is 10.0 Å². The molecule has 0 aliphatic heterocycles. The van der Waals surface area contributed by atoms with Gasteiger partial charge in [-0.15, -0.1) is 0 Å². The van der Waals surface area contributed by atoms with Gasteiger partial charge < -0.3 is 10.1 Å². The molecular formula is C11H15Cl2NO. The topological polar surface area (TPSA) is 21.3 Å². The number of halogens is 2. The lowest BCUT2D eigenvalue weighted by molar-refractivity contribution is 0.309. The molecule has 1 aromatic carbocycles. The third-order valence-electron chi connectivity index (χ3n) is 1.92. The van der Waals surface area contributed by atoms with Crippen LogP contribution in [0.25, 0.3) is 0 Å². The second-order valence-corrected chi connectivity index (χ2v) is 3.89. The van der Waals surface area contributed by atoms with Crippen LogP contribution in [0.3, 0.4) is 0 Å². The summed E-state index contributed by atoms with van der Waals surface area (Å²) < 4.78 is 5.51. The number of ether oxygens (including phenoxy) is 1. The van der Waals surface area contributed by atoms with Crippen molar-refractivity contribution in [1.82, 2.24) is 5.32 Å². The maximum Gasteiger partial charge on any atom is 0.139 e. The highest BCUT2D eigenvalue weighted by Crippen LogP contribution is 2.31. The summed E-state index contributed by atoms with van der Waals surface area (Å²) in [5.74, 6) is 0.653. The Labute approximate surface area is 101 Å².